The van der Waals surface area contributed by atoms with Crippen molar-refractivity contribution in [1.82, 2.24) is 15.1 Å². The maximum atomic E-state index is 13.2. The number of amides is 2. The van der Waals surface area contributed by atoms with Crippen LogP contribution in [0.5, 0.6) is 0 Å². The summed E-state index contributed by atoms with van der Waals surface area (Å²) < 4.78 is 38.3. The second kappa shape index (κ2) is 7.10. The Morgan fingerprint density at radius 1 is 1.19 bits per heavy atom. The second-order valence-electron chi connectivity index (χ2n) is 6.75. The van der Waals surface area contributed by atoms with E-state index < -0.39 is 27.5 Å². The number of sulfone groups is 1. The van der Waals surface area contributed by atoms with Crippen molar-refractivity contribution in [2.75, 3.05) is 11.9 Å². The van der Waals surface area contributed by atoms with E-state index in [2.05, 4.69) is 15.7 Å². The van der Waals surface area contributed by atoms with Crippen LogP contribution in [0.3, 0.4) is 0 Å². The number of carbonyl (C=O) groups excluding carboxylic acids is 2. The Morgan fingerprint density at radius 3 is 2.48 bits per heavy atom. The second-order valence-corrected chi connectivity index (χ2v) is 8.82. The summed E-state index contributed by atoms with van der Waals surface area (Å²) in [5.74, 6) is -2.47. The zero-order chi connectivity index (χ0) is 19.8. The Labute approximate surface area is 155 Å². The summed E-state index contributed by atoms with van der Waals surface area (Å²) in [6.45, 7) is 4.11. The van der Waals surface area contributed by atoms with Crippen LogP contribution in [0.4, 0.5) is 10.2 Å². The van der Waals surface area contributed by atoms with Crippen LogP contribution in [0, 0.1) is 11.7 Å². The highest BCUT2D eigenvalue weighted by atomic mass is 32.2. The molecule has 2 heterocycles. The van der Waals surface area contributed by atoms with Crippen LogP contribution in [0.15, 0.2) is 24.3 Å². The molecular formula is C17H19FN4O4S. The van der Waals surface area contributed by atoms with Gasteiger partial charge in [0.15, 0.2) is 9.84 Å². The Bertz CT molecular complexity index is 997. The molecule has 0 aliphatic carbocycles. The SMILES string of the molecule is CC(C)CNC(=O)C(=O)Nc1c2c(nn1-c1ccc(F)cc1)CS(=O)(=O)C2. The zero-order valence-electron chi connectivity index (χ0n) is 14.8. The van der Waals surface area contributed by atoms with E-state index in [9.17, 15) is 22.4 Å². The molecule has 0 unspecified atom stereocenters. The van der Waals surface area contributed by atoms with Crippen molar-refractivity contribution in [3.05, 3.63) is 41.3 Å². The van der Waals surface area contributed by atoms with E-state index in [0.717, 1.165) is 0 Å². The highest BCUT2D eigenvalue weighted by Crippen LogP contribution is 2.32. The minimum atomic E-state index is -3.36. The van der Waals surface area contributed by atoms with Gasteiger partial charge in [0.1, 0.15) is 11.6 Å². The molecule has 2 N–H and O–H groups in total. The average Bonchev–Trinajstić information content (AvgIpc) is 3.06. The number of hydrogen-bond donors (Lipinski definition) is 2. The number of carbonyl (C=O) groups is 2. The summed E-state index contributed by atoms with van der Waals surface area (Å²) in [5.41, 5.74) is 1.07. The molecule has 10 heteroatoms. The number of nitrogens with one attached hydrogen (secondary N) is 2. The lowest BCUT2D eigenvalue weighted by molar-refractivity contribution is -0.136. The van der Waals surface area contributed by atoms with Gasteiger partial charge < -0.3 is 10.6 Å². The molecule has 0 spiro atoms. The molecule has 0 fully saturated rings. The van der Waals surface area contributed by atoms with Gasteiger partial charge in [-0.25, -0.2) is 17.5 Å². The largest absolute Gasteiger partial charge is 0.348 e. The third kappa shape index (κ3) is 4.16. The van der Waals surface area contributed by atoms with E-state index in [0.29, 0.717) is 23.5 Å². The third-order valence-corrected chi connectivity index (χ3v) is 5.41. The van der Waals surface area contributed by atoms with Crippen LogP contribution in [0.25, 0.3) is 5.69 Å². The molecule has 0 saturated heterocycles. The molecule has 1 aromatic heterocycles. The van der Waals surface area contributed by atoms with Crippen molar-refractivity contribution in [1.29, 1.82) is 0 Å². The molecule has 1 aliphatic heterocycles. The highest BCUT2D eigenvalue weighted by molar-refractivity contribution is 7.90. The van der Waals surface area contributed by atoms with Crippen LogP contribution >= 0.6 is 0 Å². The number of anilines is 1. The highest BCUT2D eigenvalue weighted by Gasteiger charge is 2.33. The Kier molecular flexibility index (Phi) is 5.01. The molecule has 27 heavy (non-hydrogen) atoms. The minimum Gasteiger partial charge on any atom is -0.348 e. The number of nitrogens with zero attached hydrogens (tertiary/aromatic N) is 2. The fourth-order valence-electron chi connectivity index (χ4n) is 2.68. The standard InChI is InChI=1S/C17H19FN4O4S/c1-10(2)7-19-16(23)17(24)20-15-13-8-27(25,26)9-14(13)21-22(15)12-5-3-11(18)4-6-12/h3-6,10H,7-9H2,1-2H3,(H,19,23)(H,20,24). The Hall–Kier alpha value is -2.75. The first kappa shape index (κ1) is 19.0. The first-order valence-electron chi connectivity index (χ1n) is 8.32. The van der Waals surface area contributed by atoms with Crippen LogP contribution in [0.1, 0.15) is 25.1 Å². The van der Waals surface area contributed by atoms with E-state index in [1.165, 1.54) is 28.9 Å². The summed E-state index contributed by atoms with van der Waals surface area (Å²) >= 11 is 0. The van der Waals surface area contributed by atoms with Crippen molar-refractivity contribution < 1.29 is 22.4 Å². The van der Waals surface area contributed by atoms with Gasteiger partial charge in [-0.2, -0.15) is 5.10 Å². The number of aromatic nitrogens is 2. The molecule has 144 valence electrons. The maximum absolute atomic E-state index is 13.2. The summed E-state index contributed by atoms with van der Waals surface area (Å²) in [5, 5.41) is 9.19. The summed E-state index contributed by atoms with van der Waals surface area (Å²) in [6.07, 6.45) is 0. The predicted octanol–water partition coefficient (Wildman–Crippen LogP) is 1.15. The molecule has 0 radical (unpaired) electrons. The van der Waals surface area contributed by atoms with Crippen LogP contribution in [-0.2, 0) is 30.9 Å². The van der Waals surface area contributed by atoms with Gasteiger partial charge in [0.25, 0.3) is 0 Å². The van der Waals surface area contributed by atoms with Crippen molar-refractivity contribution in [2.45, 2.75) is 25.4 Å². The molecule has 2 amide bonds. The Morgan fingerprint density at radius 2 is 1.85 bits per heavy atom. The Balaban J connectivity index is 1.94. The smallest absolute Gasteiger partial charge is 0.314 e. The summed E-state index contributed by atoms with van der Waals surface area (Å²) in [7, 11) is -3.36. The lowest BCUT2D eigenvalue weighted by Crippen LogP contribution is -2.37. The normalized spacial score (nSPS) is 14.8. The third-order valence-electron chi connectivity index (χ3n) is 3.97. The first-order valence-corrected chi connectivity index (χ1v) is 10.1. The minimum absolute atomic E-state index is 0.0994. The van der Waals surface area contributed by atoms with E-state index >= 15 is 0 Å². The van der Waals surface area contributed by atoms with Gasteiger partial charge in [-0.15, -0.1) is 0 Å². The van der Waals surface area contributed by atoms with Gasteiger partial charge in [0.05, 0.1) is 22.9 Å². The number of rotatable bonds is 4. The van der Waals surface area contributed by atoms with Crippen LogP contribution < -0.4 is 10.6 Å². The predicted molar refractivity (Wildman–Crippen MR) is 96.3 cm³/mol. The number of fused-ring (bicyclic) bond motifs is 1. The molecule has 8 nitrogen and oxygen atoms in total. The van der Waals surface area contributed by atoms with Crippen molar-refractivity contribution in [3.63, 3.8) is 0 Å². The molecule has 1 aliphatic rings. The van der Waals surface area contributed by atoms with Gasteiger partial charge in [0, 0.05) is 12.1 Å². The molecule has 3 rings (SSSR count). The number of benzene rings is 1. The fourth-order valence-corrected chi connectivity index (χ4v) is 4.18. The molecule has 2 aromatic rings. The van der Waals surface area contributed by atoms with Crippen molar-refractivity contribution in [3.8, 4) is 5.69 Å². The van der Waals surface area contributed by atoms with Gasteiger partial charge in [-0.05, 0) is 30.2 Å². The molecule has 1 aromatic carbocycles. The van der Waals surface area contributed by atoms with Gasteiger partial charge in [-0.3, -0.25) is 9.59 Å². The molecule has 0 atom stereocenters. The fraction of sp³-hybridized carbons (Fsp3) is 0.353. The van der Waals surface area contributed by atoms with Crippen molar-refractivity contribution >= 4 is 27.5 Å². The monoisotopic (exact) mass is 394 g/mol. The number of halogens is 1. The van der Waals surface area contributed by atoms with Crippen LogP contribution in [-0.4, -0.2) is 36.6 Å². The molecular weight excluding hydrogens is 375 g/mol. The summed E-state index contributed by atoms with van der Waals surface area (Å²) in [4.78, 5) is 24.2. The van der Waals surface area contributed by atoms with Gasteiger partial charge in [0.2, 0.25) is 0 Å². The topological polar surface area (TPSA) is 110 Å². The quantitative estimate of drug-likeness (QED) is 0.756. The maximum Gasteiger partial charge on any atom is 0.314 e. The van der Waals surface area contributed by atoms with E-state index in [-0.39, 0.29) is 23.2 Å². The average molecular weight is 394 g/mol. The lowest BCUT2D eigenvalue weighted by atomic mass is 10.2. The lowest BCUT2D eigenvalue weighted by Gasteiger charge is -2.12. The van der Waals surface area contributed by atoms with Crippen molar-refractivity contribution in [2.24, 2.45) is 5.92 Å². The zero-order valence-corrected chi connectivity index (χ0v) is 15.6. The van der Waals surface area contributed by atoms with E-state index in [1.807, 2.05) is 13.8 Å². The van der Waals surface area contributed by atoms with E-state index in [1.54, 1.807) is 0 Å². The van der Waals surface area contributed by atoms with Gasteiger partial charge >= 0.3 is 11.8 Å². The summed E-state index contributed by atoms with van der Waals surface area (Å²) in [6, 6.07) is 5.33. The molecule has 0 saturated carbocycles. The van der Waals surface area contributed by atoms with E-state index in [4.69, 9.17) is 0 Å². The number of hydrogen-bond acceptors (Lipinski definition) is 5. The molecule has 0 bridgehead atoms. The van der Waals surface area contributed by atoms with Gasteiger partial charge in [-0.1, -0.05) is 13.8 Å². The first-order chi connectivity index (χ1) is 12.7. The van der Waals surface area contributed by atoms with Crippen LogP contribution in [0.2, 0.25) is 0 Å².